The third-order valence-corrected chi connectivity index (χ3v) is 1.88. The van der Waals surface area contributed by atoms with Gasteiger partial charge in [0.05, 0.1) is 5.29 Å². The Labute approximate surface area is 82.3 Å². The van der Waals surface area contributed by atoms with Gasteiger partial charge in [0.25, 0.3) is 5.56 Å². The van der Waals surface area contributed by atoms with E-state index in [1.807, 2.05) is 5.43 Å². The standard InChI is InChI=1S/C6H7N5O4/c1-10-4(7-9-15)3(8-14)5(12)11(2)6(10)13/h1-2H3,(H,7,15). The third-order valence-electron chi connectivity index (χ3n) is 1.88. The van der Waals surface area contributed by atoms with Crippen molar-refractivity contribution in [2.75, 3.05) is 5.43 Å². The Kier molecular flexibility index (Phi) is 2.74. The molecule has 80 valence electrons. The van der Waals surface area contributed by atoms with Crippen molar-refractivity contribution in [2.45, 2.75) is 0 Å². The molecule has 0 saturated carbocycles. The third kappa shape index (κ3) is 1.54. The number of rotatable bonds is 3. The Morgan fingerprint density at radius 1 is 1.13 bits per heavy atom. The summed E-state index contributed by atoms with van der Waals surface area (Å²) >= 11 is 0. The summed E-state index contributed by atoms with van der Waals surface area (Å²) in [5, 5.41) is 4.73. The summed E-state index contributed by atoms with van der Waals surface area (Å²) in [7, 11) is 2.46. The lowest BCUT2D eigenvalue weighted by Crippen LogP contribution is -2.37. The lowest BCUT2D eigenvalue weighted by atomic mass is 10.4. The zero-order valence-corrected chi connectivity index (χ0v) is 7.92. The van der Waals surface area contributed by atoms with Crippen molar-refractivity contribution in [3.8, 4) is 0 Å². The Hall–Kier alpha value is -2.32. The fourth-order valence-electron chi connectivity index (χ4n) is 1.08. The maximum absolute atomic E-state index is 11.4. The fourth-order valence-corrected chi connectivity index (χ4v) is 1.08. The minimum absolute atomic E-state index is 0.326. The van der Waals surface area contributed by atoms with Crippen LogP contribution in [-0.2, 0) is 14.1 Å². The van der Waals surface area contributed by atoms with Crippen molar-refractivity contribution in [2.24, 2.45) is 24.6 Å². The number of nitrogens with zero attached hydrogens (tertiary/aromatic N) is 4. The topological polar surface area (TPSA) is 115 Å². The molecule has 0 aliphatic heterocycles. The van der Waals surface area contributed by atoms with E-state index in [2.05, 4.69) is 10.5 Å². The Morgan fingerprint density at radius 3 is 2.20 bits per heavy atom. The van der Waals surface area contributed by atoms with Gasteiger partial charge in [0.15, 0.2) is 5.82 Å². The zero-order chi connectivity index (χ0) is 11.6. The van der Waals surface area contributed by atoms with Crippen molar-refractivity contribution in [3.63, 3.8) is 0 Å². The van der Waals surface area contributed by atoms with E-state index < -0.39 is 16.9 Å². The molecule has 1 aromatic heterocycles. The molecule has 0 aliphatic carbocycles. The van der Waals surface area contributed by atoms with Gasteiger partial charge in [-0.05, 0) is 5.18 Å². The lowest BCUT2D eigenvalue weighted by Gasteiger charge is -2.08. The van der Waals surface area contributed by atoms with Gasteiger partial charge in [0.2, 0.25) is 5.69 Å². The van der Waals surface area contributed by atoms with Crippen molar-refractivity contribution < 1.29 is 0 Å². The van der Waals surface area contributed by atoms with Crippen LogP contribution in [0.2, 0.25) is 0 Å². The molecular weight excluding hydrogens is 206 g/mol. The molecule has 0 unspecified atom stereocenters. The van der Waals surface area contributed by atoms with Crippen LogP contribution in [0.5, 0.6) is 0 Å². The Balaban J connectivity index is 3.77. The average molecular weight is 213 g/mol. The average Bonchev–Trinajstić information content (AvgIpc) is 2.24. The summed E-state index contributed by atoms with van der Waals surface area (Å²) in [6.07, 6.45) is 0. The van der Waals surface area contributed by atoms with E-state index >= 15 is 0 Å². The summed E-state index contributed by atoms with van der Waals surface area (Å²) in [5.41, 5.74) is -0.326. The molecule has 15 heavy (non-hydrogen) atoms. The van der Waals surface area contributed by atoms with Crippen LogP contribution in [0.1, 0.15) is 0 Å². The summed E-state index contributed by atoms with van der Waals surface area (Å²) in [5.74, 6) is -0.326. The van der Waals surface area contributed by atoms with Gasteiger partial charge in [-0.1, -0.05) is 0 Å². The van der Waals surface area contributed by atoms with E-state index in [-0.39, 0.29) is 5.82 Å². The highest BCUT2D eigenvalue weighted by atomic mass is 16.3. The molecule has 1 rings (SSSR count). The van der Waals surface area contributed by atoms with Gasteiger partial charge in [-0.25, -0.2) is 10.2 Å². The van der Waals surface area contributed by atoms with Crippen molar-refractivity contribution in [1.29, 1.82) is 0 Å². The summed E-state index contributed by atoms with van der Waals surface area (Å²) in [4.78, 5) is 43.0. The quantitative estimate of drug-likeness (QED) is 0.540. The van der Waals surface area contributed by atoms with Gasteiger partial charge in [-0.2, -0.15) is 0 Å². The van der Waals surface area contributed by atoms with Crippen LogP contribution >= 0.6 is 0 Å². The van der Waals surface area contributed by atoms with Gasteiger partial charge in [-0.15, -0.1) is 9.81 Å². The molecule has 0 atom stereocenters. The summed E-state index contributed by atoms with van der Waals surface area (Å²) in [6.45, 7) is 0. The summed E-state index contributed by atoms with van der Waals surface area (Å²) in [6, 6.07) is 0. The van der Waals surface area contributed by atoms with Crippen LogP contribution in [0.4, 0.5) is 11.5 Å². The SMILES string of the molecule is Cn1c(NN=O)c(N=O)c(=O)n(C)c1=O. The highest BCUT2D eigenvalue weighted by Gasteiger charge is 2.16. The first-order valence-electron chi connectivity index (χ1n) is 3.76. The highest BCUT2D eigenvalue weighted by molar-refractivity contribution is 5.58. The zero-order valence-electron chi connectivity index (χ0n) is 7.92. The Morgan fingerprint density at radius 2 is 1.73 bits per heavy atom. The largest absolute Gasteiger partial charge is 0.332 e. The molecule has 0 saturated heterocycles. The minimum atomic E-state index is -0.890. The van der Waals surface area contributed by atoms with Crippen molar-refractivity contribution >= 4 is 11.5 Å². The van der Waals surface area contributed by atoms with E-state index in [4.69, 9.17) is 0 Å². The van der Waals surface area contributed by atoms with E-state index in [0.29, 0.717) is 4.57 Å². The predicted molar refractivity (Wildman–Crippen MR) is 51.8 cm³/mol. The number of hydrogen-bond acceptors (Lipinski definition) is 6. The molecule has 0 aliphatic rings. The van der Waals surface area contributed by atoms with Crippen LogP contribution in [0.3, 0.4) is 0 Å². The molecule has 0 radical (unpaired) electrons. The van der Waals surface area contributed by atoms with Crippen LogP contribution in [0, 0.1) is 9.81 Å². The maximum Gasteiger partial charge on any atom is 0.332 e. The molecule has 9 nitrogen and oxygen atoms in total. The second-order valence-corrected chi connectivity index (χ2v) is 2.70. The van der Waals surface area contributed by atoms with Gasteiger partial charge >= 0.3 is 5.69 Å². The van der Waals surface area contributed by atoms with Crippen molar-refractivity contribution in [1.82, 2.24) is 9.13 Å². The molecule has 0 fully saturated rings. The molecule has 0 aromatic carbocycles. The van der Waals surface area contributed by atoms with Gasteiger partial charge in [0.1, 0.15) is 0 Å². The smallest absolute Gasteiger partial charge is 0.279 e. The molecule has 1 heterocycles. The second kappa shape index (κ2) is 3.82. The lowest BCUT2D eigenvalue weighted by molar-refractivity contribution is 0.691. The van der Waals surface area contributed by atoms with Gasteiger partial charge in [0, 0.05) is 14.1 Å². The Bertz CT molecular complexity index is 528. The number of nitroso groups, excluding NO2 is 2. The second-order valence-electron chi connectivity index (χ2n) is 2.70. The van der Waals surface area contributed by atoms with E-state index in [1.54, 1.807) is 0 Å². The number of anilines is 1. The van der Waals surface area contributed by atoms with Crippen LogP contribution in [0.25, 0.3) is 0 Å². The fraction of sp³-hybridized carbons (Fsp3) is 0.333. The molecule has 1 aromatic rings. The summed E-state index contributed by atoms with van der Waals surface area (Å²) < 4.78 is 1.59. The van der Waals surface area contributed by atoms with Crippen LogP contribution in [-0.4, -0.2) is 9.13 Å². The number of aromatic nitrogens is 2. The minimum Gasteiger partial charge on any atom is -0.279 e. The first kappa shape index (κ1) is 10.8. The van der Waals surface area contributed by atoms with Gasteiger partial charge in [-0.3, -0.25) is 13.9 Å². The maximum atomic E-state index is 11.4. The van der Waals surface area contributed by atoms with E-state index in [0.717, 1.165) is 4.57 Å². The van der Waals surface area contributed by atoms with E-state index in [9.17, 15) is 19.4 Å². The number of hydrogen-bond donors (Lipinski definition) is 1. The molecule has 9 heteroatoms. The molecular formula is C6H7N5O4. The molecule has 0 spiro atoms. The predicted octanol–water partition coefficient (Wildman–Crippen LogP) is -0.425. The first-order chi connectivity index (χ1) is 7.04. The monoisotopic (exact) mass is 213 g/mol. The first-order valence-corrected chi connectivity index (χ1v) is 3.76. The normalized spacial score (nSPS) is 9.73. The van der Waals surface area contributed by atoms with Crippen LogP contribution < -0.4 is 16.7 Å². The molecule has 0 amide bonds. The van der Waals surface area contributed by atoms with E-state index in [1.165, 1.54) is 14.1 Å². The number of nitrogens with one attached hydrogen (secondary N) is 1. The molecule has 1 N–H and O–H groups in total. The highest BCUT2D eigenvalue weighted by Crippen LogP contribution is 2.16. The van der Waals surface area contributed by atoms with Gasteiger partial charge < -0.3 is 0 Å². The van der Waals surface area contributed by atoms with Crippen molar-refractivity contribution in [3.05, 3.63) is 30.7 Å². The van der Waals surface area contributed by atoms with Crippen LogP contribution in [0.15, 0.2) is 20.1 Å². The molecule has 0 bridgehead atoms.